The van der Waals surface area contributed by atoms with Gasteiger partial charge < -0.3 is 5.32 Å². The molecule has 0 bridgehead atoms. The van der Waals surface area contributed by atoms with Gasteiger partial charge in [0.15, 0.2) is 5.69 Å². The number of halogens is 3. The first-order valence-corrected chi connectivity index (χ1v) is 9.62. The maximum Gasteiger partial charge on any atom is 0.435 e. The molecule has 0 radical (unpaired) electrons. The van der Waals surface area contributed by atoms with Crippen LogP contribution in [0.4, 0.5) is 13.2 Å². The van der Waals surface area contributed by atoms with Crippen LogP contribution >= 0.6 is 0 Å². The molecular formula is C16H17F3N4O3S. The largest absolute Gasteiger partial charge is 0.435 e. The predicted octanol–water partition coefficient (Wildman–Crippen LogP) is 1.74. The van der Waals surface area contributed by atoms with Crippen molar-refractivity contribution in [2.75, 3.05) is 0 Å². The van der Waals surface area contributed by atoms with Crippen molar-refractivity contribution in [3.05, 3.63) is 47.3 Å². The smallest absolute Gasteiger partial charge is 0.350 e. The third-order valence-corrected chi connectivity index (χ3v) is 5.06. The van der Waals surface area contributed by atoms with Crippen molar-refractivity contribution >= 4 is 15.9 Å². The summed E-state index contributed by atoms with van der Waals surface area (Å²) in [6.07, 6.45) is -3.00. The highest BCUT2D eigenvalue weighted by molar-refractivity contribution is 7.89. The normalized spacial score (nSPS) is 15.0. The fourth-order valence-corrected chi connectivity index (χ4v) is 3.11. The SMILES string of the molecule is NS(=O)(=O)c1ccc(CNC(=O)Cn2nc(C(F)(F)F)cc2C2CC2)cc1. The Morgan fingerprint density at radius 3 is 2.41 bits per heavy atom. The lowest BCUT2D eigenvalue weighted by atomic mass is 10.2. The molecule has 0 saturated heterocycles. The summed E-state index contributed by atoms with van der Waals surface area (Å²) in [4.78, 5) is 12.0. The molecule has 1 aromatic heterocycles. The van der Waals surface area contributed by atoms with Gasteiger partial charge in [0, 0.05) is 18.2 Å². The van der Waals surface area contributed by atoms with Crippen LogP contribution in [0.25, 0.3) is 0 Å². The molecule has 1 fully saturated rings. The predicted molar refractivity (Wildman–Crippen MR) is 88.9 cm³/mol. The van der Waals surface area contributed by atoms with E-state index < -0.39 is 27.8 Å². The van der Waals surface area contributed by atoms with Gasteiger partial charge in [0.2, 0.25) is 15.9 Å². The van der Waals surface area contributed by atoms with Crippen LogP contribution in [0.3, 0.4) is 0 Å². The van der Waals surface area contributed by atoms with Gasteiger partial charge in [0.05, 0.1) is 4.90 Å². The Hall–Kier alpha value is -2.40. The molecule has 1 aromatic carbocycles. The van der Waals surface area contributed by atoms with E-state index in [1.165, 1.54) is 24.3 Å². The van der Waals surface area contributed by atoms with Crippen LogP contribution in [0.2, 0.25) is 0 Å². The average molecular weight is 402 g/mol. The van der Waals surface area contributed by atoms with Crippen molar-refractivity contribution in [1.82, 2.24) is 15.1 Å². The van der Waals surface area contributed by atoms with Crippen molar-refractivity contribution < 1.29 is 26.4 Å². The lowest BCUT2D eigenvalue weighted by Crippen LogP contribution is -2.28. The summed E-state index contributed by atoms with van der Waals surface area (Å²) in [7, 11) is -3.80. The number of benzene rings is 1. The fraction of sp³-hybridized carbons (Fsp3) is 0.375. The van der Waals surface area contributed by atoms with Gasteiger partial charge in [-0.15, -0.1) is 0 Å². The number of alkyl halides is 3. The number of rotatable bonds is 6. The van der Waals surface area contributed by atoms with Crippen molar-refractivity contribution in [2.24, 2.45) is 5.14 Å². The average Bonchev–Trinajstić information content (AvgIpc) is 3.32. The summed E-state index contributed by atoms with van der Waals surface area (Å²) < 4.78 is 62.1. The Labute approximate surface area is 153 Å². The third-order valence-electron chi connectivity index (χ3n) is 4.13. The number of hydrogen-bond acceptors (Lipinski definition) is 4. The van der Waals surface area contributed by atoms with Crippen LogP contribution in [0, 0.1) is 0 Å². The van der Waals surface area contributed by atoms with Gasteiger partial charge in [-0.05, 0) is 36.6 Å². The van der Waals surface area contributed by atoms with Gasteiger partial charge >= 0.3 is 6.18 Å². The molecule has 11 heteroatoms. The van der Waals surface area contributed by atoms with Crippen molar-refractivity contribution in [2.45, 2.75) is 42.9 Å². The minimum Gasteiger partial charge on any atom is -0.350 e. The number of amides is 1. The molecule has 3 rings (SSSR count). The first-order chi connectivity index (χ1) is 12.5. The molecule has 1 aliphatic carbocycles. The number of primary sulfonamides is 1. The van der Waals surface area contributed by atoms with Crippen LogP contribution in [0.1, 0.15) is 35.7 Å². The van der Waals surface area contributed by atoms with E-state index in [-0.39, 0.29) is 23.9 Å². The standard InChI is InChI=1S/C16H17F3N4O3S/c17-16(18,19)14-7-13(11-3-4-11)23(22-14)9-15(24)21-8-10-1-5-12(6-2-10)27(20,25)26/h1-2,5-7,11H,3-4,8-9H2,(H,21,24)(H2,20,25,26). The molecule has 0 atom stereocenters. The molecule has 0 spiro atoms. The van der Waals surface area contributed by atoms with Crippen LogP contribution in [-0.4, -0.2) is 24.1 Å². The number of aromatic nitrogens is 2. The summed E-state index contributed by atoms with van der Waals surface area (Å²) in [5.74, 6) is -0.489. The number of sulfonamides is 1. The highest BCUT2D eigenvalue weighted by Gasteiger charge is 2.38. The van der Waals surface area contributed by atoms with E-state index in [0.29, 0.717) is 11.3 Å². The van der Waals surface area contributed by atoms with E-state index in [9.17, 15) is 26.4 Å². The Balaban J connectivity index is 1.63. The molecule has 1 aliphatic rings. The van der Waals surface area contributed by atoms with Crippen LogP contribution < -0.4 is 10.5 Å². The minimum absolute atomic E-state index is 0.00663. The second-order valence-corrected chi connectivity index (χ2v) is 7.91. The summed E-state index contributed by atoms with van der Waals surface area (Å²) >= 11 is 0. The highest BCUT2D eigenvalue weighted by Crippen LogP contribution is 2.42. The molecule has 7 nitrogen and oxygen atoms in total. The second kappa shape index (κ2) is 6.97. The summed E-state index contributed by atoms with van der Waals surface area (Å²) in [5, 5.41) is 11.1. The van der Waals surface area contributed by atoms with Gasteiger partial charge in [0.25, 0.3) is 0 Å². The lowest BCUT2D eigenvalue weighted by Gasteiger charge is -2.09. The van der Waals surface area contributed by atoms with Gasteiger partial charge in [-0.1, -0.05) is 12.1 Å². The topological polar surface area (TPSA) is 107 Å². The molecule has 1 heterocycles. The molecule has 27 heavy (non-hydrogen) atoms. The minimum atomic E-state index is -4.56. The number of nitrogens with two attached hydrogens (primary N) is 1. The monoisotopic (exact) mass is 402 g/mol. The Morgan fingerprint density at radius 2 is 1.89 bits per heavy atom. The zero-order valence-electron chi connectivity index (χ0n) is 14.0. The molecule has 3 N–H and O–H groups in total. The molecule has 1 saturated carbocycles. The highest BCUT2D eigenvalue weighted by atomic mass is 32.2. The maximum absolute atomic E-state index is 12.9. The van der Waals surface area contributed by atoms with Crippen molar-refractivity contribution in [3.8, 4) is 0 Å². The van der Waals surface area contributed by atoms with Gasteiger partial charge in [-0.25, -0.2) is 13.6 Å². The third kappa shape index (κ3) is 4.86. The summed E-state index contributed by atoms with van der Waals surface area (Å²) in [5.41, 5.74) is 0.0281. The van der Waals surface area contributed by atoms with E-state index in [1.807, 2.05) is 0 Å². The number of hydrogen-bond donors (Lipinski definition) is 2. The van der Waals surface area contributed by atoms with Gasteiger partial charge in [-0.3, -0.25) is 9.48 Å². The maximum atomic E-state index is 12.9. The number of nitrogens with one attached hydrogen (secondary N) is 1. The Morgan fingerprint density at radius 1 is 1.26 bits per heavy atom. The van der Waals surface area contributed by atoms with E-state index in [1.54, 1.807) is 0 Å². The lowest BCUT2D eigenvalue weighted by molar-refractivity contribution is -0.141. The molecular weight excluding hydrogens is 385 g/mol. The molecule has 146 valence electrons. The number of carbonyl (C=O) groups is 1. The number of carbonyl (C=O) groups excluding carboxylic acids is 1. The van der Waals surface area contributed by atoms with Gasteiger partial charge in [0.1, 0.15) is 6.54 Å². The molecule has 1 amide bonds. The Kier molecular flexibility index (Phi) is 5.00. The first-order valence-electron chi connectivity index (χ1n) is 8.07. The van der Waals surface area contributed by atoms with Crippen LogP contribution in [-0.2, 0) is 34.1 Å². The first kappa shape index (κ1) is 19.4. The molecule has 0 unspecified atom stereocenters. The zero-order valence-corrected chi connectivity index (χ0v) is 14.8. The Bertz CT molecular complexity index is 948. The zero-order chi connectivity index (χ0) is 19.8. The summed E-state index contributed by atoms with van der Waals surface area (Å²) in [6, 6.07) is 6.60. The van der Waals surface area contributed by atoms with Gasteiger partial charge in [-0.2, -0.15) is 18.3 Å². The quantitative estimate of drug-likeness (QED) is 0.767. The van der Waals surface area contributed by atoms with E-state index in [4.69, 9.17) is 5.14 Å². The van der Waals surface area contributed by atoms with Crippen molar-refractivity contribution in [1.29, 1.82) is 0 Å². The number of nitrogens with zero attached hydrogens (tertiary/aromatic N) is 2. The second-order valence-electron chi connectivity index (χ2n) is 6.35. The van der Waals surface area contributed by atoms with E-state index in [0.717, 1.165) is 23.6 Å². The van der Waals surface area contributed by atoms with Crippen molar-refractivity contribution in [3.63, 3.8) is 0 Å². The molecule has 2 aromatic rings. The van der Waals surface area contributed by atoms with E-state index >= 15 is 0 Å². The fourth-order valence-electron chi connectivity index (χ4n) is 2.59. The van der Waals surface area contributed by atoms with Crippen LogP contribution in [0.5, 0.6) is 0 Å². The summed E-state index contributed by atoms with van der Waals surface area (Å²) in [6.45, 7) is -0.229. The molecule has 0 aliphatic heterocycles. The van der Waals surface area contributed by atoms with Crippen LogP contribution in [0.15, 0.2) is 35.2 Å². The van der Waals surface area contributed by atoms with E-state index in [2.05, 4.69) is 10.4 Å².